The zero-order valence-electron chi connectivity index (χ0n) is 13.7. The van der Waals surface area contributed by atoms with Crippen LogP contribution < -0.4 is 19.5 Å². The van der Waals surface area contributed by atoms with Crippen molar-refractivity contribution in [3.63, 3.8) is 0 Å². The second kappa shape index (κ2) is 7.93. The van der Waals surface area contributed by atoms with Gasteiger partial charge in [0.25, 0.3) is 0 Å². The van der Waals surface area contributed by atoms with E-state index in [4.69, 9.17) is 14.2 Å². The van der Waals surface area contributed by atoms with Gasteiger partial charge in [-0.15, -0.1) is 12.4 Å². The molecule has 4 rings (SSSR count). The van der Waals surface area contributed by atoms with Gasteiger partial charge in [0.15, 0.2) is 11.5 Å². The van der Waals surface area contributed by atoms with E-state index in [9.17, 15) is 4.39 Å². The highest BCUT2D eigenvalue weighted by Gasteiger charge is 2.27. The number of rotatable bonds is 4. The number of fused-ring (bicyclic) bond motifs is 1. The Labute approximate surface area is 152 Å². The van der Waals surface area contributed by atoms with Crippen LogP contribution in [0.3, 0.4) is 0 Å². The van der Waals surface area contributed by atoms with E-state index in [1.54, 1.807) is 0 Å². The molecule has 25 heavy (non-hydrogen) atoms. The van der Waals surface area contributed by atoms with Crippen LogP contribution in [0, 0.1) is 11.7 Å². The Bertz CT molecular complexity index is 710. The molecule has 1 fully saturated rings. The summed E-state index contributed by atoms with van der Waals surface area (Å²) < 4.78 is 29.9. The second-order valence-electron chi connectivity index (χ2n) is 6.24. The van der Waals surface area contributed by atoms with Gasteiger partial charge in [0.1, 0.15) is 11.6 Å². The van der Waals surface area contributed by atoms with Gasteiger partial charge in [-0.25, -0.2) is 4.39 Å². The van der Waals surface area contributed by atoms with E-state index in [0.29, 0.717) is 18.4 Å². The number of hydrogen-bond acceptors (Lipinski definition) is 4. The molecule has 1 saturated heterocycles. The number of piperidine rings is 1. The molecule has 0 spiro atoms. The van der Waals surface area contributed by atoms with Crippen molar-refractivity contribution < 1.29 is 18.6 Å². The van der Waals surface area contributed by atoms with Crippen molar-refractivity contribution >= 4 is 12.4 Å². The molecule has 0 bridgehead atoms. The molecule has 1 N–H and O–H groups in total. The third-order valence-corrected chi connectivity index (χ3v) is 4.71. The van der Waals surface area contributed by atoms with E-state index in [1.165, 1.54) is 17.7 Å². The van der Waals surface area contributed by atoms with Crippen LogP contribution in [0.5, 0.6) is 17.2 Å². The first-order valence-corrected chi connectivity index (χ1v) is 8.28. The van der Waals surface area contributed by atoms with Gasteiger partial charge in [0.2, 0.25) is 6.79 Å². The Morgan fingerprint density at radius 1 is 1.08 bits per heavy atom. The van der Waals surface area contributed by atoms with E-state index in [1.807, 2.05) is 30.3 Å². The number of nitrogens with one attached hydrogen (secondary N) is 1. The van der Waals surface area contributed by atoms with Crippen molar-refractivity contribution in [1.82, 2.24) is 5.32 Å². The van der Waals surface area contributed by atoms with E-state index >= 15 is 0 Å². The molecule has 2 aromatic rings. The van der Waals surface area contributed by atoms with Gasteiger partial charge >= 0.3 is 0 Å². The summed E-state index contributed by atoms with van der Waals surface area (Å²) in [7, 11) is 0. The molecule has 134 valence electrons. The Kier molecular flexibility index (Phi) is 5.66. The van der Waals surface area contributed by atoms with Gasteiger partial charge in [-0.2, -0.15) is 0 Å². The molecule has 2 aliphatic rings. The van der Waals surface area contributed by atoms with Crippen molar-refractivity contribution in [1.29, 1.82) is 0 Å². The van der Waals surface area contributed by atoms with Gasteiger partial charge in [-0.3, -0.25) is 0 Å². The Hall–Kier alpha value is -1.98. The molecule has 0 aliphatic carbocycles. The van der Waals surface area contributed by atoms with Gasteiger partial charge in [0, 0.05) is 18.5 Å². The van der Waals surface area contributed by atoms with Crippen molar-refractivity contribution in [2.24, 2.45) is 5.92 Å². The fraction of sp³-hybridized carbons (Fsp3) is 0.368. The molecule has 2 aliphatic heterocycles. The highest BCUT2D eigenvalue weighted by Crippen LogP contribution is 2.36. The van der Waals surface area contributed by atoms with Crippen LogP contribution in [0.1, 0.15) is 17.9 Å². The van der Waals surface area contributed by atoms with Gasteiger partial charge in [0.05, 0.1) is 6.61 Å². The molecule has 6 heteroatoms. The highest BCUT2D eigenvalue weighted by molar-refractivity contribution is 5.85. The Morgan fingerprint density at radius 2 is 1.88 bits per heavy atom. The smallest absolute Gasteiger partial charge is 0.231 e. The predicted octanol–water partition coefficient (Wildman–Crippen LogP) is 3.75. The van der Waals surface area contributed by atoms with Crippen LogP contribution >= 0.6 is 12.4 Å². The summed E-state index contributed by atoms with van der Waals surface area (Å²) in [5, 5.41) is 3.43. The van der Waals surface area contributed by atoms with E-state index < -0.39 is 0 Å². The lowest BCUT2D eigenvalue weighted by Gasteiger charge is -2.32. The van der Waals surface area contributed by atoms with Crippen LogP contribution in [0.15, 0.2) is 42.5 Å². The summed E-state index contributed by atoms with van der Waals surface area (Å²) in [6, 6.07) is 12.5. The molecule has 2 atom stereocenters. The van der Waals surface area contributed by atoms with Crippen LogP contribution in [0.25, 0.3) is 0 Å². The molecule has 0 unspecified atom stereocenters. The maximum absolute atomic E-state index is 13.2. The zero-order valence-corrected chi connectivity index (χ0v) is 14.6. The average Bonchev–Trinajstić information content (AvgIpc) is 3.09. The minimum absolute atomic E-state index is 0. The SMILES string of the molecule is Cl.Fc1ccc([C@H]2CCNC[C@@H]2COc2ccc3c(c2)OCO3)cc1. The summed E-state index contributed by atoms with van der Waals surface area (Å²) in [5.74, 6) is 2.79. The van der Waals surface area contributed by atoms with Gasteiger partial charge in [-0.05, 0) is 48.7 Å². The van der Waals surface area contributed by atoms with Crippen LogP contribution in [0.4, 0.5) is 4.39 Å². The predicted molar refractivity (Wildman–Crippen MR) is 95.4 cm³/mol. The molecule has 2 heterocycles. The van der Waals surface area contributed by atoms with Crippen molar-refractivity contribution in [3.05, 3.63) is 53.8 Å². The summed E-state index contributed by atoms with van der Waals surface area (Å²) >= 11 is 0. The standard InChI is InChI=1S/C19H20FNO3.ClH/c20-15-3-1-13(2-4-15)17-7-8-21-10-14(17)11-22-16-5-6-18-19(9-16)24-12-23-18;/h1-6,9,14,17,21H,7-8,10-12H2;1H/t14-,17-;/m1./s1. The van der Waals surface area contributed by atoms with Gasteiger partial charge < -0.3 is 19.5 Å². The van der Waals surface area contributed by atoms with E-state index in [2.05, 4.69) is 5.32 Å². The molecule has 0 saturated carbocycles. The molecule has 4 nitrogen and oxygen atoms in total. The number of ether oxygens (including phenoxy) is 3. The van der Waals surface area contributed by atoms with Crippen molar-refractivity contribution in [2.45, 2.75) is 12.3 Å². The van der Waals surface area contributed by atoms with Crippen LogP contribution in [-0.4, -0.2) is 26.5 Å². The van der Waals surface area contributed by atoms with E-state index in [0.717, 1.165) is 36.8 Å². The largest absolute Gasteiger partial charge is 0.493 e. The van der Waals surface area contributed by atoms with Crippen LogP contribution in [0.2, 0.25) is 0 Å². The lowest BCUT2D eigenvalue weighted by atomic mass is 9.81. The number of benzene rings is 2. The van der Waals surface area contributed by atoms with E-state index in [-0.39, 0.29) is 25.0 Å². The monoisotopic (exact) mass is 365 g/mol. The first-order chi connectivity index (χ1) is 11.8. The zero-order chi connectivity index (χ0) is 16.4. The summed E-state index contributed by atoms with van der Waals surface area (Å²) in [6.45, 7) is 2.74. The molecular weight excluding hydrogens is 345 g/mol. The molecule has 0 amide bonds. The first-order valence-electron chi connectivity index (χ1n) is 8.28. The lowest BCUT2D eigenvalue weighted by molar-refractivity contribution is 0.173. The van der Waals surface area contributed by atoms with Crippen LogP contribution in [-0.2, 0) is 0 Å². The highest BCUT2D eigenvalue weighted by atomic mass is 35.5. The molecular formula is C19H21ClFNO3. The summed E-state index contributed by atoms with van der Waals surface area (Å²) in [4.78, 5) is 0. The topological polar surface area (TPSA) is 39.7 Å². The minimum atomic E-state index is -0.194. The number of halogens is 2. The van der Waals surface area contributed by atoms with Gasteiger partial charge in [-0.1, -0.05) is 12.1 Å². The third kappa shape index (κ3) is 3.99. The molecule has 0 aromatic heterocycles. The fourth-order valence-electron chi connectivity index (χ4n) is 3.42. The maximum atomic E-state index is 13.2. The maximum Gasteiger partial charge on any atom is 0.231 e. The summed E-state index contributed by atoms with van der Waals surface area (Å²) in [6.07, 6.45) is 1.03. The fourth-order valence-corrected chi connectivity index (χ4v) is 3.42. The third-order valence-electron chi connectivity index (χ3n) is 4.71. The summed E-state index contributed by atoms with van der Waals surface area (Å²) in [5.41, 5.74) is 1.18. The minimum Gasteiger partial charge on any atom is -0.493 e. The average molecular weight is 366 g/mol. The molecule has 0 radical (unpaired) electrons. The lowest BCUT2D eigenvalue weighted by Crippen LogP contribution is -2.38. The van der Waals surface area contributed by atoms with Crippen molar-refractivity contribution in [2.75, 3.05) is 26.5 Å². The Balaban J connectivity index is 0.00000182. The van der Waals surface area contributed by atoms with Crippen molar-refractivity contribution in [3.8, 4) is 17.2 Å². The Morgan fingerprint density at radius 3 is 2.72 bits per heavy atom. The first kappa shape index (κ1) is 17.8. The normalized spacial score (nSPS) is 21.5. The second-order valence-corrected chi connectivity index (χ2v) is 6.24. The molecule has 2 aromatic carbocycles. The number of hydrogen-bond donors (Lipinski definition) is 1. The quantitative estimate of drug-likeness (QED) is 0.895.